The highest BCUT2D eigenvalue weighted by Crippen LogP contribution is 2.27. The quantitative estimate of drug-likeness (QED) is 0.764. The molecule has 10 heteroatoms. The van der Waals surface area contributed by atoms with Crippen LogP contribution in [0.3, 0.4) is 0 Å². The van der Waals surface area contributed by atoms with E-state index in [0.29, 0.717) is 16.0 Å². The molecule has 2 aromatic rings. The SMILES string of the molecule is CONC(=O)OCC(N)COc1noc2ccc(Cl)cc12.Cl. The number of ether oxygens (including phenoxy) is 2. The number of fused-ring (bicyclic) bond motifs is 1. The molecule has 1 aromatic carbocycles. The minimum absolute atomic E-state index is 0. The summed E-state index contributed by atoms with van der Waals surface area (Å²) in [5, 5.41) is 4.97. The number of carbonyl (C=O) groups excluding carboxylic acids is 1. The molecule has 122 valence electrons. The van der Waals surface area contributed by atoms with Crippen molar-refractivity contribution in [2.24, 2.45) is 5.73 Å². The number of aromatic nitrogens is 1. The summed E-state index contributed by atoms with van der Waals surface area (Å²) in [5.41, 5.74) is 8.31. The minimum Gasteiger partial charge on any atom is -0.473 e. The average Bonchev–Trinajstić information content (AvgIpc) is 2.85. The third kappa shape index (κ3) is 4.92. The van der Waals surface area contributed by atoms with Crippen LogP contribution in [0.15, 0.2) is 22.7 Å². The predicted molar refractivity (Wildman–Crippen MR) is 81.2 cm³/mol. The fourth-order valence-electron chi connectivity index (χ4n) is 1.52. The van der Waals surface area contributed by atoms with Crippen LogP contribution in [-0.2, 0) is 9.57 Å². The second-order valence-electron chi connectivity index (χ2n) is 4.10. The van der Waals surface area contributed by atoms with Gasteiger partial charge in [0.1, 0.15) is 13.2 Å². The van der Waals surface area contributed by atoms with E-state index in [0.717, 1.165) is 0 Å². The molecule has 1 unspecified atom stereocenters. The molecule has 0 fully saturated rings. The van der Waals surface area contributed by atoms with E-state index in [9.17, 15) is 4.79 Å². The Kier molecular flexibility index (Phi) is 7.19. The first-order valence-corrected chi connectivity index (χ1v) is 6.37. The van der Waals surface area contributed by atoms with Crippen LogP contribution >= 0.6 is 24.0 Å². The number of rotatable bonds is 6. The minimum atomic E-state index is -0.730. The van der Waals surface area contributed by atoms with Gasteiger partial charge in [-0.2, -0.15) is 5.48 Å². The van der Waals surface area contributed by atoms with Gasteiger partial charge in [-0.25, -0.2) is 4.79 Å². The van der Waals surface area contributed by atoms with E-state index >= 15 is 0 Å². The molecule has 22 heavy (non-hydrogen) atoms. The van der Waals surface area contributed by atoms with Gasteiger partial charge in [-0.05, 0) is 23.4 Å². The van der Waals surface area contributed by atoms with Crippen LogP contribution in [0.4, 0.5) is 4.79 Å². The number of hydrogen-bond acceptors (Lipinski definition) is 7. The average molecular weight is 352 g/mol. The van der Waals surface area contributed by atoms with E-state index in [1.807, 2.05) is 5.48 Å². The van der Waals surface area contributed by atoms with Gasteiger partial charge in [0.15, 0.2) is 5.58 Å². The van der Waals surface area contributed by atoms with Gasteiger partial charge in [-0.1, -0.05) is 11.6 Å². The molecule has 1 heterocycles. The number of carbonyl (C=O) groups is 1. The van der Waals surface area contributed by atoms with Gasteiger partial charge < -0.3 is 19.7 Å². The third-order valence-electron chi connectivity index (χ3n) is 2.45. The maximum absolute atomic E-state index is 11.0. The smallest absolute Gasteiger partial charge is 0.431 e. The largest absolute Gasteiger partial charge is 0.473 e. The van der Waals surface area contributed by atoms with Crippen molar-refractivity contribution in [3.05, 3.63) is 23.2 Å². The monoisotopic (exact) mass is 351 g/mol. The van der Waals surface area contributed by atoms with E-state index in [2.05, 4.69) is 9.99 Å². The molecule has 0 aliphatic rings. The topological polar surface area (TPSA) is 109 Å². The van der Waals surface area contributed by atoms with Crippen LogP contribution in [0.5, 0.6) is 5.88 Å². The lowest BCUT2D eigenvalue weighted by atomic mass is 10.2. The Morgan fingerprint density at radius 3 is 3.00 bits per heavy atom. The summed E-state index contributed by atoms with van der Waals surface area (Å²) in [5.74, 6) is 0.282. The molecule has 0 spiro atoms. The Morgan fingerprint density at radius 2 is 2.27 bits per heavy atom. The molecule has 0 aliphatic heterocycles. The van der Waals surface area contributed by atoms with Gasteiger partial charge in [0.25, 0.3) is 5.88 Å². The zero-order valence-electron chi connectivity index (χ0n) is 11.6. The summed E-state index contributed by atoms with van der Waals surface area (Å²) >= 11 is 5.90. The van der Waals surface area contributed by atoms with Gasteiger partial charge in [-0.3, -0.25) is 4.84 Å². The first-order chi connectivity index (χ1) is 10.1. The molecule has 8 nitrogen and oxygen atoms in total. The lowest BCUT2D eigenvalue weighted by Gasteiger charge is -2.12. The number of nitrogens with two attached hydrogens (primary N) is 1. The number of benzene rings is 1. The summed E-state index contributed by atoms with van der Waals surface area (Å²) in [7, 11) is 1.30. The molecule has 0 radical (unpaired) electrons. The fraction of sp³-hybridized carbons (Fsp3) is 0.333. The summed E-state index contributed by atoms with van der Waals surface area (Å²) in [6, 6.07) is 4.53. The maximum Gasteiger partial charge on any atom is 0.431 e. The van der Waals surface area contributed by atoms with Crippen molar-refractivity contribution in [3.63, 3.8) is 0 Å². The van der Waals surface area contributed by atoms with Crippen molar-refractivity contribution in [2.75, 3.05) is 20.3 Å². The highest BCUT2D eigenvalue weighted by atomic mass is 35.5. The van der Waals surface area contributed by atoms with E-state index in [1.54, 1.807) is 18.2 Å². The van der Waals surface area contributed by atoms with E-state index < -0.39 is 12.1 Å². The summed E-state index contributed by atoms with van der Waals surface area (Å²) < 4.78 is 15.3. The highest BCUT2D eigenvalue weighted by Gasteiger charge is 2.13. The maximum atomic E-state index is 11.0. The van der Waals surface area contributed by atoms with Gasteiger partial charge in [-0.15, -0.1) is 12.4 Å². The Balaban J connectivity index is 0.00000242. The number of hydrogen-bond donors (Lipinski definition) is 2. The predicted octanol–water partition coefficient (Wildman–Crippen LogP) is 1.90. The number of halogens is 2. The highest BCUT2D eigenvalue weighted by molar-refractivity contribution is 6.31. The van der Waals surface area contributed by atoms with Crippen molar-refractivity contribution in [2.45, 2.75) is 6.04 Å². The third-order valence-corrected chi connectivity index (χ3v) is 2.68. The van der Waals surface area contributed by atoms with Crippen LogP contribution in [0.25, 0.3) is 11.0 Å². The van der Waals surface area contributed by atoms with Crippen molar-refractivity contribution in [1.82, 2.24) is 10.6 Å². The number of hydroxylamine groups is 1. The Labute approximate surface area is 137 Å². The molecule has 0 bridgehead atoms. The van der Waals surface area contributed by atoms with Crippen LogP contribution in [-0.4, -0.2) is 37.6 Å². The van der Waals surface area contributed by atoms with Crippen LogP contribution in [0, 0.1) is 0 Å². The van der Waals surface area contributed by atoms with Crippen molar-refractivity contribution in [3.8, 4) is 5.88 Å². The zero-order valence-corrected chi connectivity index (χ0v) is 13.1. The van der Waals surface area contributed by atoms with Gasteiger partial charge in [0, 0.05) is 5.02 Å². The zero-order chi connectivity index (χ0) is 15.2. The lowest BCUT2D eigenvalue weighted by Crippen LogP contribution is -2.36. The van der Waals surface area contributed by atoms with E-state index in [-0.39, 0.29) is 31.5 Å². The van der Waals surface area contributed by atoms with Crippen LogP contribution in [0.2, 0.25) is 5.02 Å². The van der Waals surface area contributed by atoms with E-state index in [4.69, 9.17) is 31.3 Å². The molecule has 1 amide bonds. The molecular formula is C12H15Cl2N3O5. The van der Waals surface area contributed by atoms with Crippen molar-refractivity contribution in [1.29, 1.82) is 0 Å². The summed E-state index contributed by atoms with van der Waals surface area (Å²) in [4.78, 5) is 15.4. The lowest BCUT2D eigenvalue weighted by molar-refractivity contribution is 0.0531. The summed E-state index contributed by atoms with van der Waals surface area (Å²) in [6.07, 6.45) is -0.730. The van der Waals surface area contributed by atoms with Gasteiger partial charge >= 0.3 is 6.09 Å². The number of amides is 1. The van der Waals surface area contributed by atoms with Gasteiger partial charge in [0.05, 0.1) is 18.5 Å². The first kappa shape index (κ1) is 18.3. The molecule has 2 rings (SSSR count). The standard InChI is InChI=1S/C12H14ClN3O5.ClH/c1-18-16-12(17)20-6-8(14)5-19-11-9-4-7(13)2-3-10(9)21-15-11;/h2-4,8H,5-6,14H2,1H3,(H,16,17);1H. The van der Waals surface area contributed by atoms with E-state index in [1.165, 1.54) is 7.11 Å². The number of nitrogens with one attached hydrogen (secondary N) is 1. The Bertz CT molecular complexity index is 622. The fourth-order valence-corrected chi connectivity index (χ4v) is 1.69. The second-order valence-corrected chi connectivity index (χ2v) is 4.54. The van der Waals surface area contributed by atoms with Crippen molar-refractivity contribution < 1.29 is 23.6 Å². The second kappa shape index (κ2) is 8.64. The Morgan fingerprint density at radius 1 is 1.50 bits per heavy atom. The van der Waals surface area contributed by atoms with Crippen LogP contribution in [0.1, 0.15) is 0 Å². The summed E-state index contributed by atoms with van der Waals surface area (Å²) in [6.45, 7) is 0.0557. The Hall–Kier alpha value is -1.74. The van der Waals surface area contributed by atoms with Gasteiger partial charge in [0.2, 0.25) is 0 Å². The molecule has 1 aromatic heterocycles. The molecule has 3 N–H and O–H groups in total. The molecule has 0 saturated heterocycles. The molecule has 1 atom stereocenters. The van der Waals surface area contributed by atoms with Crippen molar-refractivity contribution >= 4 is 41.1 Å². The first-order valence-electron chi connectivity index (χ1n) is 5.99. The molecule has 0 aliphatic carbocycles. The molecular weight excluding hydrogens is 337 g/mol. The normalized spacial score (nSPS) is 11.6. The van der Waals surface area contributed by atoms with Crippen LogP contribution < -0.4 is 16.0 Å². The molecule has 0 saturated carbocycles. The number of nitrogens with zero attached hydrogens (tertiary/aromatic N) is 1.